The standard InChI is InChI=1S/C9H8BrNOS/c10-8-1-2-9(13-4-3-12)7(5-8)6-11/h1-2,5,12H,3-4H2. The molecule has 0 heterocycles. The highest BCUT2D eigenvalue weighted by molar-refractivity contribution is 9.10. The zero-order valence-electron chi connectivity index (χ0n) is 6.83. The molecule has 0 aliphatic rings. The van der Waals surface area contributed by atoms with E-state index >= 15 is 0 Å². The van der Waals surface area contributed by atoms with E-state index in [9.17, 15) is 0 Å². The van der Waals surface area contributed by atoms with Crippen molar-refractivity contribution in [2.24, 2.45) is 0 Å². The Kier molecular flexibility index (Phi) is 4.29. The molecule has 0 unspecified atom stereocenters. The van der Waals surface area contributed by atoms with E-state index in [1.807, 2.05) is 12.1 Å². The second-order valence-corrected chi connectivity index (χ2v) is 4.38. The summed E-state index contributed by atoms with van der Waals surface area (Å²) in [6.07, 6.45) is 0. The molecule has 0 aliphatic carbocycles. The SMILES string of the molecule is N#Cc1cc(Br)ccc1SCCO. The Labute approximate surface area is 89.7 Å². The number of hydrogen-bond acceptors (Lipinski definition) is 3. The largest absolute Gasteiger partial charge is 0.396 e. The number of nitrogens with zero attached hydrogens (tertiary/aromatic N) is 1. The number of halogens is 1. The van der Waals surface area contributed by atoms with Crippen LogP contribution in [-0.4, -0.2) is 17.5 Å². The van der Waals surface area contributed by atoms with Crippen LogP contribution in [0.15, 0.2) is 27.6 Å². The second-order valence-electron chi connectivity index (χ2n) is 2.32. The van der Waals surface area contributed by atoms with Gasteiger partial charge in [0.2, 0.25) is 0 Å². The first kappa shape index (κ1) is 10.6. The summed E-state index contributed by atoms with van der Waals surface area (Å²) in [5, 5.41) is 17.4. The molecule has 4 heteroatoms. The van der Waals surface area contributed by atoms with Gasteiger partial charge in [0.05, 0.1) is 12.2 Å². The number of aliphatic hydroxyl groups is 1. The minimum absolute atomic E-state index is 0.131. The maximum Gasteiger partial charge on any atom is 0.100 e. The predicted molar refractivity (Wildman–Crippen MR) is 56.7 cm³/mol. The Bertz CT molecular complexity index is 335. The quantitative estimate of drug-likeness (QED) is 0.846. The predicted octanol–water partition coefficient (Wildman–Crippen LogP) is 2.41. The van der Waals surface area contributed by atoms with Gasteiger partial charge < -0.3 is 5.11 Å². The van der Waals surface area contributed by atoms with Crippen molar-refractivity contribution < 1.29 is 5.11 Å². The lowest BCUT2D eigenvalue weighted by Crippen LogP contribution is -1.88. The fourth-order valence-electron chi connectivity index (χ4n) is 0.871. The third-order valence-corrected chi connectivity index (χ3v) is 2.96. The van der Waals surface area contributed by atoms with Crippen LogP contribution >= 0.6 is 27.7 Å². The minimum Gasteiger partial charge on any atom is -0.396 e. The molecule has 0 bridgehead atoms. The van der Waals surface area contributed by atoms with Gasteiger partial charge in [-0.05, 0) is 18.2 Å². The normalized spacial score (nSPS) is 9.62. The molecule has 0 saturated carbocycles. The third-order valence-electron chi connectivity index (χ3n) is 1.41. The molecule has 0 atom stereocenters. The highest BCUT2D eigenvalue weighted by Crippen LogP contribution is 2.24. The number of benzene rings is 1. The summed E-state index contributed by atoms with van der Waals surface area (Å²) in [7, 11) is 0. The monoisotopic (exact) mass is 257 g/mol. The van der Waals surface area contributed by atoms with Gasteiger partial charge in [0.25, 0.3) is 0 Å². The van der Waals surface area contributed by atoms with Gasteiger partial charge in [-0.15, -0.1) is 11.8 Å². The summed E-state index contributed by atoms with van der Waals surface area (Å²) in [4.78, 5) is 0.916. The Balaban J connectivity index is 2.88. The number of hydrogen-bond donors (Lipinski definition) is 1. The Hall–Kier alpha value is -0.500. The first-order valence-corrected chi connectivity index (χ1v) is 5.49. The number of rotatable bonds is 3. The van der Waals surface area contributed by atoms with Gasteiger partial charge in [-0.2, -0.15) is 5.26 Å². The molecular weight excluding hydrogens is 250 g/mol. The van der Waals surface area contributed by atoms with Crippen molar-refractivity contribution in [3.05, 3.63) is 28.2 Å². The molecule has 1 aromatic rings. The summed E-state index contributed by atoms with van der Waals surface area (Å²) in [5.41, 5.74) is 0.646. The minimum atomic E-state index is 0.131. The van der Waals surface area contributed by atoms with E-state index in [0.717, 1.165) is 9.37 Å². The fourth-order valence-corrected chi connectivity index (χ4v) is 1.97. The van der Waals surface area contributed by atoms with Gasteiger partial charge >= 0.3 is 0 Å². The van der Waals surface area contributed by atoms with Crippen molar-refractivity contribution >= 4 is 27.7 Å². The van der Waals surface area contributed by atoms with Crippen molar-refractivity contribution in [2.45, 2.75) is 4.90 Å². The molecule has 0 aliphatic heterocycles. The van der Waals surface area contributed by atoms with Crippen LogP contribution in [0.25, 0.3) is 0 Å². The molecule has 0 fully saturated rings. The van der Waals surface area contributed by atoms with Crippen LogP contribution in [0.5, 0.6) is 0 Å². The van der Waals surface area contributed by atoms with Gasteiger partial charge in [-0.25, -0.2) is 0 Å². The summed E-state index contributed by atoms with van der Waals surface area (Å²) in [6, 6.07) is 7.66. The van der Waals surface area contributed by atoms with E-state index in [4.69, 9.17) is 10.4 Å². The van der Waals surface area contributed by atoms with Gasteiger partial charge in [0.1, 0.15) is 6.07 Å². The molecule has 0 spiro atoms. The summed E-state index contributed by atoms with van der Waals surface area (Å²) in [5.74, 6) is 0.621. The molecule has 0 radical (unpaired) electrons. The molecule has 2 nitrogen and oxygen atoms in total. The molecule has 1 N–H and O–H groups in total. The van der Waals surface area contributed by atoms with Crippen molar-refractivity contribution in [1.82, 2.24) is 0 Å². The maximum atomic E-state index is 8.80. The fraction of sp³-hybridized carbons (Fsp3) is 0.222. The van der Waals surface area contributed by atoms with Gasteiger partial charge in [-0.1, -0.05) is 15.9 Å². The molecule has 13 heavy (non-hydrogen) atoms. The lowest BCUT2D eigenvalue weighted by molar-refractivity contribution is 0.322. The maximum absolute atomic E-state index is 8.80. The van der Waals surface area contributed by atoms with Gasteiger partial charge in [0.15, 0.2) is 0 Å². The first-order valence-electron chi connectivity index (χ1n) is 3.71. The lowest BCUT2D eigenvalue weighted by atomic mass is 10.2. The van der Waals surface area contributed by atoms with E-state index < -0.39 is 0 Å². The van der Waals surface area contributed by atoms with Crippen LogP contribution in [0.4, 0.5) is 0 Å². The average Bonchev–Trinajstić information content (AvgIpc) is 2.16. The van der Waals surface area contributed by atoms with E-state index in [0.29, 0.717) is 11.3 Å². The number of nitriles is 1. The van der Waals surface area contributed by atoms with Crippen LogP contribution in [0.1, 0.15) is 5.56 Å². The highest BCUT2D eigenvalue weighted by Gasteiger charge is 2.02. The lowest BCUT2D eigenvalue weighted by Gasteiger charge is -2.01. The van der Waals surface area contributed by atoms with Crippen molar-refractivity contribution in [1.29, 1.82) is 5.26 Å². The molecule has 1 rings (SSSR count). The van der Waals surface area contributed by atoms with Gasteiger partial charge in [0, 0.05) is 15.1 Å². The average molecular weight is 258 g/mol. The molecule has 0 amide bonds. The Morgan fingerprint density at radius 3 is 2.92 bits per heavy atom. The van der Waals surface area contributed by atoms with Crippen LogP contribution in [-0.2, 0) is 0 Å². The van der Waals surface area contributed by atoms with E-state index in [1.165, 1.54) is 11.8 Å². The Morgan fingerprint density at radius 1 is 1.54 bits per heavy atom. The molecule has 1 aromatic carbocycles. The van der Waals surface area contributed by atoms with Crippen LogP contribution < -0.4 is 0 Å². The van der Waals surface area contributed by atoms with E-state index in [2.05, 4.69) is 22.0 Å². The molecule has 0 aromatic heterocycles. The Morgan fingerprint density at radius 2 is 2.31 bits per heavy atom. The third kappa shape index (κ3) is 3.03. The number of aliphatic hydroxyl groups excluding tert-OH is 1. The molecular formula is C9H8BrNOS. The zero-order chi connectivity index (χ0) is 9.68. The highest BCUT2D eigenvalue weighted by atomic mass is 79.9. The van der Waals surface area contributed by atoms with E-state index in [-0.39, 0.29) is 6.61 Å². The van der Waals surface area contributed by atoms with Crippen molar-refractivity contribution in [2.75, 3.05) is 12.4 Å². The van der Waals surface area contributed by atoms with E-state index in [1.54, 1.807) is 6.07 Å². The van der Waals surface area contributed by atoms with Crippen LogP contribution in [0, 0.1) is 11.3 Å². The van der Waals surface area contributed by atoms with Gasteiger partial charge in [-0.3, -0.25) is 0 Å². The smallest absolute Gasteiger partial charge is 0.100 e. The summed E-state index contributed by atoms with van der Waals surface area (Å²) < 4.78 is 0.900. The summed E-state index contributed by atoms with van der Waals surface area (Å²) >= 11 is 4.78. The van der Waals surface area contributed by atoms with Crippen LogP contribution in [0.2, 0.25) is 0 Å². The van der Waals surface area contributed by atoms with Crippen LogP contribution in [0.3, 0.4) is 0 Å². The topological polar surface area (TPSA) is 44.0 Å². The molecule has 0 saturated heterocycles. The van der Waals surface area contributed by atoms with Crippen molar-refractivity contribution in [3.63, 3.8) is 0 Å². The summed E-state index contributed by atoms with van der Waals surface area (Å²) in [6.45, 7) is 0.131. The zero-order valence-corrected chi connectivity index (χ0v) is 9.23. The number of thioether (sulfide) groups is 1. The molecule has 68 valence electrons. The first-order chi connectivity index (χ1) is 6.27. The van der Waals surface area contributed by atoms with Crippen molar-refractivity contribution in [3.8, 4) is 6.07 Å². The second kappa shape index (κ2) is 5.28.